The summed E-state index contributed by atoms with van der Waals surface area (Å²) in [5, 5.41) is 8.89. The van der Waals surface area contributed by atoms with Crippen LogP contribution in [0, 0.1) is 0 Å². The van der Waals surface area contributed by atoms with Crippen molar-refractivity contribution in [2.75, 3.05) is 0 Å². The van der Waals surface area contributed by atoms with E-state index in [-0.39, 0.29) is 6.61 Å². The number of benzene rings is 1. The maximum Gasteiger partial charge on any atom is 0.104 e. The summed E-state index contributed by atoms with van der Waals surface area (Å²) in [4.78, 5) is 0. The SMILES string of the molecule is OCc1ccc(CCc2ccco2)cc1. The van der Waals surface area contributed by atoms with Crippen molar-refractivity contribution >= 4 is 0 Å². The molecule has 0 bridgehead atoms. The molecule has 0 amide bonds. The normalized spacial score (nSPS) is 10.5. The van der Waals surface area contributed by atoms with Crippen LogP contribution in [0.1, 0.15) is 16.9 Å². The fourth-order valence-electron chi connectivity index (χ4n) is 1.53. The highest BCUT2D eigenvalue weighted by atomic mass is 16.3. The molecule has 1 aromatic carbocycles. The summed E-state index contributed by atoms with van der Waals surface area (Å²) in [6.07, 6.45) is 3.59. The van der Waals surface area contributed by atoms with Crippen LogP contribution in [0.5, 0.6) is 0 Å². The van der Waals surface area contributed by atoms with Crippen LogP contribution in [0.3, 0.4) is 0 Å². The Bertz CT molecular complexity index is 387. The van der Waals surface area contributed by atoms with Crippen LogP contribution >= 0.6 is 0 Å². The Labute approximate surface area is 89.2 Å². The van der Waals surface area contributed by atoms with E-state index in [9.17, 15) is 0 Å². The standard InChI is InChI=1S/C13H14O2/c14-10-12-5-3-11(4-6-12)7-8-13-2-1-9-15-13/h1-6,9,14H,7-8,10H2. The van der Waals surface area contributed by atoms with E-state index in [0.717, 1.165) is 24.2 Å². The topological polar surface area (TPSA) is 33.4 Å². The number of hydrogen-bond acceptors (Lipinski definition) is 2. The first kappa shape index (κ1) is 9.99. The molecular formula is C13H14O2. The van der Waals surface area contributed by atoms with Crippen LogP contribution in [0.2, 0.25) is 0 Å². The number of aryl methyl sites for hydroxylation is 2. The molecule has 0 fully saturated rings. The lowest BCUT2D eigenvalue weighted by Crippen LogP contribution is -1.90. The second-order valence-electron chi connectivity index (χ2n) is 3.55. The molecular weight excluding hydrogens is 188 g/mol. The Hall–Kier alpha value is -1.54. The van der Waals surface area contributed by atoms with Crippen LogP contribution < -0.4 is 0 Å². The van der Waals surface area contributed by atoms with Crippen molar-refractivity contribution in [2.45, 2.75) is 19.4 Å². The summed E-state index contributed by atoms with van der Waals surface area (Å²) in [5.74, 6) is 1.02. The van der Waals surface area contributed by atoms with E-state index in [2.05, 4.69) is 12.1 Å². The zero-order valence-corrected chi connectivity index (χ0v) is 8.52. The minimum Gasteiger partial charge on any atom is -0.469 e. The minimum absolute atomic E-state index is 0.110. The van der Waals surface area contributed by atoms with Gasteiger partial charge in [0.15, 0.2) is 0 Å². The van der Waals surface area contributed by atoms with Gasteiger partial charge in [0.05, 0.1) is 12.9 Å². The van der Waals surface area contributed by atoms with Gasteiger partial charge in [-0.05, 0) is 29.7 Å². The second kappa shape index (κ2) is 4.80. The predicted octanol–water partition coefficient (Wildman–Crippen LogP) is 2.56. The number of aliphatic hydroxyl groups is 1. The summed E-state index contributed by atoms with van der Waals surface area (Å²) in [6, 6.07) is 11.9. The monoisotopic (exact) mass is 202 g/mol. The van der Waals surface area contributed by atoms with E-state index in [1.54, 1.807) is 6.26 Å². The van der Waals surface area contributed by atoms with Crippen molar-refractivity contribution < 1.29 is 9.52 Å². The minimum atomic E-state index is 0.110. The Morgan fingerprint density at radius 3 is 2.27 bits per heavy atom. The van der Waals surface area contributed by atoms with E-state index >= 15 is 0 Å². The molecule has 0 saturated heterocycles. The zero-order chi connectivity index (χ0) is 10.5. The van der Waals surface area contributed by atoms with E-state index in [4.69, 9.17) is 9.52 Å². The molecule has 2 rings (SSSR count). The number of aliphatic hydroxyl groups excluding tert-OH is 1. The summed E-state index contributed by atoms with van der Waals surface area (Å²) in [7, 11) is 0. The Morgan fingerprint density at radius 1 is 0.933 bits per heavy atom. The Morgan fingerprint density at radius 2 is 1.67 bits per heavy atom. The molecule has 15 heavy (non-hydrogen) atoms. The van der Waals surface area contributed by atoms with Gasteiger partial charge in [-0.2, -0.15) is 0 Å². The third-order valence-corrected chi connectivity index (χ3v) is 2.45. The molecule has 1 N–H and O–H groups in total. The van der Waals surface area contributed by atoms with Crippen LogP contribution in [0.15, 0.2) is 47.1 Å². The molecule has 0 aliphatic heterocycles. The van der Waals surface area contributed by atoms with E-state index in [1.165, 1.54) is 5.56 Å². The zero-order valence-electron chi connectivity index (χ0n) is 8.52. The highest BCUT2D eigenvalue weighted by Gasteiger charge is 1.98. The average molecular weight is 202 g/mol. The summed E-state index contributed by atoms with van der Waals surface area (Å²) in [5.41, 5.74) is 2.22. The Balaban J connectivity index is 1.93. The first-order chi connectivity index (χ1) is 7.38. The largest absolute Gasteiger partial charge is 0.469 e. The van der Waals surface area contributed by atoms with Crippen LogP contribution in [0.4, 0.5) is 0 Å². The highest BCUT2D eigenvalue weighted by molar-refractivity contribution is 5.22. The molecule has 78 valence electrons. The predicted molar refractivity (Wildman–Crippen MR) is 58.5 cm³/mol. The molecule has 1 heterocycles. The first-order valence-corrected chi connectivity index (χ1v) is 5.09. The molecule has 0 aliphatic carbocycles. The van der Waals surface area contributed by atoms with Gasteiger partial charge in [0.1, 0.15) is 5.76 Å². The molecule has 0 unspecified atom stereocenters. The van der Waals surface area contributed by atoms with E-state index < -0.39 is 0 Å². The first-order valence-electron chi connectivity index (χ1n) is 5.09. The average Bonchev–Trinajstić information content (AvgIpc) is 2.80. The molecule has 2 aromatic rings. The summed E-state index contributed by atoms with van der Waals surface area (Å²) in [6.45, 7) is 0.110. The van der Waals surface area contributed by atoms with Gasteiger partial charge in [-0.15, -0.1) is 0 Å². The molecule has 0 saturated carbocycles. The van der Waals surface area contributed by atoms with Crippen LogP contribution in [-0.4, -0.2) is 5.11 Å². The quantitative estimate of drug-likeness (QED) is 0.826. The van der Waals surface area contributed by atoms with E-state index in [1.807, 2.05) is 24.3 Å². The van der Waals surface area contributed by atoms with Crippen LogP contribution in [-0.2, 0) is 19.4 Å². The second-order valence-corrected chi connectivity index (χ2v) is 3.55. The maximum atomic E-state index is 8.89. The van der Waals surface area contributed by atoms with Crippen molar-refractivity contribution in [3.05, 3.63) is 59.5 Å². The molecule has 2 nitrogen and oxygen atoms in total. The molecule has 0 spiro atoms. The molecule has 0 atom stereocenters. The lowest BCUT2D eigenvalue weighted by molar-refractivity contribution is 0.282. The summed E-state index contributed by atoms with van der Waals surface area (Å²) < 4.78 is 5.26. The van der Waals surface area contributed by atoms with Crippen molar-refractivity contribution in [2.24, 2.45) is 0 Å². The smallest absolute Gasteiger partial charge is 0.104 e. The fourth-order valence-corrected chi connectivity index (χ4v) is 1.53. The molecule has 1 aromatic heterocycles. The van der Waals surface area contributed by atoms with Gasteiger partial charge < -0.3 is 9.52 Å². The highest BCUT2D eigenvalue weighted by Crippen LogP contribution is 2.09. The molecule has 0 radical (unpaired) electrons. The molecule has 2 heteroatoms. The van der Waals surface area contributed by atoms with Crippen molar-refractivity contribution in [3.8, 4) is 0 Å². The van der Waals surface area contributed by atoms with Gasteiger partial charge in [0.25, 0.3) is 0 Å². The number of rotatable bonds is 4. The third-order valence-electron chi connectivity index (χ3n) is 2.45. The molecule has 0 aliphatic rings. The van der Waals surface area contributed by atoms with Gasteiger partial charge in [0.2, 0.25) is 0 Å². The number of hydrogen-bond donors (Lipinski definition) is 1. The van der Waals surface area contributed by atoms with Gasteiger partial charge in [-0.1, -0.05) is 24.3 Å². The van der Waals surface area contributed by atoms with Crippen LogP contribution in [0.25, 0.3) is 0 Å². The lowest BCUT2D eigenvalue weighted by atomic mass is 10.1. The third kappa shape index (κ3) is 2.70. The maximum absolute atomic E-state index is 8.89. The van der Waals surface area contributed by atoms with Gasteiger partial charge in [-0.3, -0.25) is 0 Å². The van der Waals surface area contributed by atoms with Crippen molar-refractivity contribution in [1.29, 1.82) is 0 Å². The lowest BCUT2D eigenvalue weighted by Gasteiger charge is -2.01. The van der Waals surface area contributed by atoms with Gasteiger partial charge in [-0.25, -0.2) is 0 Å². The van der Waals surface area contributed by atoms with Crippen molar-refractivity contribution in [1.82, 2.24) is 0 Å². The van der Waals surface area contributed by atoms with Crippen molar-refractivity contribution in [3.63, 3.8) is 0 Å². The Kier molecular flexibility index (Phi) is 3.20. The van der Waals surface area contributed by atoms with Gasteiger partial charge >= 0.3 is 0 Å². The van der Waals surface area contributed by atoms with Gasteiger partial charge in [0, 0.05) is 6.42 Å². The number of furan rings is 1. The fraction of sp³-hybridized carbons (Fsp3) is 0.231. The summed E-state index contributed by atoms with van der Waals surface area (Å²) >= 11 is 0. The van der Waals surface area contributed by atoms with E-state index in [0.29, 0.717) is 0 Å².